The zero-order valence-corrected chi connectivity index (χ0v) is 6.72. The Morgan fingerprint density at radius 1 is 1.56 bits per heavy atom. The molecule has 0 aromatic heterocycles. The van der Waals surface area contributed by atoms with Gasteiger partial charge in [0, 0.05) is 0 Å². The Balaban J connectivity index is 3.41. The van der Waals surface area contributed by atoms with Gasteiger partial charge in [0.1, 0.15) is 7.85 Å². The molecule has 0 bridgehead atoms. The lowest BCUT2D eigenvalue weighted by atomic mass is 9.85. The van der Waals surface area contributed by atoms with Crippen LogP contribution < -0.4 is 0 Å². The minimum Gasteiger partial charge on any atom is -0.393 e. The van der Waals surface area contributed by atoms with E-state index in [0.29, 0.717) is 5.92 Å². The van der Waals surface area contributed by atoms with Crippen molar-refractivity contribution in [2.24, 2.45) is 5.92 Å². The summed E-state index contributed by atoms with van der Waals surface area (Å²) in [5.41, 5.74) is 0. The molecular formula is C7H17BO. The van der Waals surface area contributed by atoms with Gasteiger partial charge < -0.3 is 5.11 Å². The van der Waals surface area contributed by atoms with Gasteiger partial charge in [0.15, 0.2) is 0 Å². The highest BCUT2D eigenvalue weighted by atomic mass is 16.3. The topological polar surface area (TPSA) is 20.2 Å². The molecule has 1 N–H and O–H groups in total. The molecule has 2 heteroatoms. The lowest BCUT2D eigenvalue weighted by molar-refractivity contribution is 0.130. The molecule has 0 aliphatic heterocycles. The van der Waals surface area contributed by atoms with E-state index in [1.807, 2.05) is 6.92 Å². The minimum absolute atomic E-state index is 0.116. The Bertz CT molecular complexity index is 63.9. The van der Waals surface area contributed by atoms with Crippen molar-refractivity contribution < 1.29 is 5.11 Å². The highest BCUT2D eigenvalue weighted by Crippen LogP contribution is 2.13. The molecule has 54 valence electrons. The fourth-order valence-corrected chi connectivity index (χ4v) is 1.16. The molecule has 0 aromatic carbocycles. The van der Waals surface area contributed by atoms with Gasteiger partial charge in [-0.25, -0.2) is 0 Å². The van der Waals surface area contributed by atoms with E-state index in [4.69, 9.17) is 5.11 Å². The number of rotatable bonds is 4. The second kappa shape index (κ2) is 4.86. The van der Waals surface area contributed by atoms with Crippen LogP contribution in [-0.2, 0) is 0 Å². The third kappa shape index (κ3) is 3.58. The van der Waals surface area contributed by atoms with Crippen LogP contribution >= 0.6 is 0 Å². The highest BCUT2D eigenvalue weighted by molar-refractivity contribution is 6.08. The Kier molecular flexibility index (Phi) is 4.88. The normalized spacial score (nSPS) is 17.2. The number of aliphatic hydroxyl groups is 1. The van der Waals surface area contributed by atoms with Gasteiger partial charge in [-0.15, -0.1) is 0 Å². The zero-order chi connectivity index (χ0) is 7.28. The first kappa shape index (κ1) is 9.02. The van der Waals surface area contributed by atoms with Crippen molar-refractivity contribution in [1.29, 1.82) is 0 Å². The molecule has 9 heavy (non-hydrogen) atoms. The SMILES string of the molecule is BC[C@H](CCC)[C@@H](C)O. The van der Waals surface area contributed by atoms with Crippen molar-refractivity contribution in [1.82, 2.24) is 0 Å². The molecule has 0 fully saturated rings. The summed E-state index contributed by atoms with van der Waals surface area (Å²) in [6.07, 6.45) is 3.33. The molecule has 0 unspecified atom stereocenters. The molecule has 0 saturated carbocycles. The Hall–Kier alpha value is 0.0249. The summed E-state index contributed by atoms with van der Waals surface area (Å²) < 4.78 is 0. The fourth-order valence-electron chi connectivity index (χ4n) is 1.16. The summed E-state index contributed by atoms with van der Waals surface area (Å²) in [6, 6.07) is 0. The Morgan fingerprint density at radius 3 is 2.22 bits per heavy atom. The molecule has 0 aliphatic rings. The van der Waals surface area contributed by atoms with E-state index in [0.717, 1.165) is 12.7 Å². The third-order valence-corrected chi connectivity index (χ3v) is 1.87. The summed E-state index contributed by atoms with van der Waals surface area (Å²) in [7, 11) is 2.13. The van der Waals surface area contributed by atoms with Crippen LogP contribution in [0.4, 0.5) is 0 Å². The van der Waals surface area contributed by atoms with E-state index in [9.17, 15) is 0 Å². The summed E-state index contributed by atoms with van der Waals surface area (Å²) in [6.45, 7) is 4.04. The molecule has 0 radical (unpaired) electrons. The Morgan fingerprint density at radius 2 is 2.11 bits per heavy atom. The van der Waals surface area contributed by atoms with Crippen LogP contribution in [0.25, 0.3) is 0 Å². The summed E-state index contributed by atoms with van der Waals surface area (Å²) >= 11 is 0. The van der Waals surface area contributed by atoms with Crippen molar-refractivity contribution in [3.05, 3.63) is 0 Å². The van der Waals surface area contributed by atoms with Gasteiger partial charge >= 0.3 is 0 Å². The predicted octanol–water partition coefficient (Wildman–Crippen LogP) is 0.835. The smallest absolute Gasteiger partial charge is 0.101 e. The first-order chi connectivity index (χ1) is 4.22. The predicted molar refractivity (Wildman–Crippen MR) is 43.4 cm³/mol. The van der Waals surface area contributed by atoms with E-state index in [1.54, 1.807) is 0 Å². The molecule has 0 saturated heterocycles. The maximum atomic E-state index is 9.14. The van der Waals surface area contributed by atoms with Crippen LogP contribution in [0.5, 0.6) is 0 Å². The molecule has 0 aromatic rings. The van der Waals surface area contributed by atoms with Crippen LogP contribution in [0, 0.1) is 5.92 Å². The first-order valence-corrected chi connectivity index (χ1v) is 3.90. The summed E-state index contributed by atoms with van der Waals surface area (Å²) in [5.74, 6) is 0.523. The number of aliphatic hydroxyl groups excluding tert-OH is 1. The van der Waals surface area contributed by atoms with Crippen molar-refractivity contribution in [3.8, 4) is 0 Å². The molecule has 2 atom stereocenters. The van der Waals surface area contributed by atoms with E-state index in [2.05, 4.69) is 14.8 Å². The van der Waals surface area contributed by atoms with Gasteiger partial charge in [0.05, 0.1) is 6.10 Å². The van der Waals surface area contributed by atoms with Crippen LogP contribution in [0.1, 0.15) is 26.7 Å². The second-order valence-electron chi connectivity index (χ2n) is 2.70. The number of hydrogen-bond acceptors (Lipinski definition) is 1. The molecule has 0 aliphatic carbocycles. The van der Waals surface area contributed by atoms with Gasteiger partial charge in [0.25, 0.3) is 0 Å². The third-order valence-electron chi connectivity index (χ3n) is 1.87. The highest BCUT2D eigenvalue weighted by Gasteiger charge is 2.09. The van der Waals surface area contributed by atoms with E-state index in [1.165, 1.54) is 6.42 Å². The van der Waals surface area contributed by atoms with Crippen molar-refractivity contribution in [2.75, 3.05) is 0 Å². The van der Waals surface area contributed by atoms with E-state index in [-0.39, 0.29) is 6.10 Å². The monoisotopic (exact) mass is 128 g/mol. The van der Waals surface area contributed by atoms with E-state index < -0.39 is 0 Å². The second-order valence-corrected chi connectivity index (χ2v) is 2.70. The van der Waals surface area contributed by atoms with Crippen LogP contribution in [0.2, 0.25) is 6.32 Å². The van der Waals surface area contributed by atoms with Crippen LogP contribution in [-0.4, -0.2) is 19.1 Å². The summed E-state index contributed by atoms with van der Waals surface area (Å²) in [4.78, 5) is 0. The zero-order valence-electron chi connectivity index (χ0n) is 6.72. The van der Waals surface area contributed by atoms with E-state index >= 15 is 0 Å². The van der Waals surface area contributed by atoms with Gasteiger partial charge in [-0.2, -0.15) is 0 Å². The average molecular weight is 128 g/mol. The molecule has 0 heterocycles. The van der Waals surface area contributed by atoms with Gasteiger partial charge in [-0.1, -0.05) is 19.7 Å². The maximum absolute atomic E-state index is 9.14. The van der Waals surface area contributed by atoms with Gasteiger partial charge in [-0.3, -0.25) is 0 Å². The summed E-state index contributed by atoms with van der Waals surface area (Å²) in [5, 5.41) is 9.14. The molecule has 0 spiro atoms. The maximum Gasteiger partial charge on any atom is 0.101 e. The van der Waals surface area contributed by atoms with Crippen LogP contribution in [0.3, 0.4) is 0 Å². The minimum atomic E-state index is -0.116. The lowest BCUT2D eigenvalue weighted by Gasteiger charge is -2.16. The Labute approximate surface area is 58.9 Å². The molecule has 0 amide bonds. The quantitative estimate of drug-likeness (QED) is 0.556. The van der Waals surface area contributed by atoms with Crippen molar-refractivity contribution in [2.45, 2.75) is 39.1 Å². The molecule has 1 nitrogen and oxygen atoms in total. The van der Waals surface area contributed by atoms with Gasteiger partial charge in [-0.05, 0) is 19.3 Å². The molecular weight excluding hydrogens is 111 g/mol. The average Bonchev–Trinajstić information content (AvgIpc) is 1.82. The van der Waals surface area contributed by atoms with Crippen molar-refractivity contribution >= 4 is 7.85 Å². The van der Waals surface area contributed by atoms with Crippen molar-refractivity contribution in [3.63, 3.8) is 0 Å². The lowest BCUT2D eigenvalue weighted by Crippen LogP contribution is -2.15. The number of hydrogen-bond donors (Lipinski definition) is 1. The standard InChI is InChI=1S/C7H17BO/c1-3-4-7(5-8)6(2)9/h6-7,9H,3-5,8H2,1-2H3/t6-,7+/m1/s1. The largest absolute Gasteiger partial charge is 0.393 e. The van der Waals surface area contributed by atoms with Crippen LogP contribution in [0.15, 0.2) is 0 Å². The molecule has 0 rings (SSSR count). The first-order valence-electron chi connectivity index (χ1n) is 3.90. The fraction of sp³-hybridized carbons (Fsp3) is 1.00. The van der Waals surface area contributed by atoms with Gasteiger partial charge in [0.2, 0.25) is 0 Å².